The van der Waals surface area contributed by atoms with Crippen molar-refractivity contribution in [1.82, 2.24) is 21.3 Å². The Morgan fingerprint density at radius 2 is 1.69 bits per heavy atom. The zero-order chi connectivity index (χ0) is 22.5. The molecule has 10 heteroatoms. The highest BCUT2D eigenvalue weighted by Crippen LogP contribution is 2.41. The number of ether oxygens (including phenoxy) is 1. The van der Waals surface area contributed by atoms with Gasteiger partial charge in [0.15, 0.2) is 11.9 Å². The van der Waals surface area contributed by atoms with Crippen molar-refractivity contribution >= 4 is 11.6 Å². The Morgan fingerprint density at radius 1 is 0.906 bits per heavy atom. The van der Waals surface area contributed by atoms with Crippen LogP contribution in [0.5, 0.6) is 5.75 Å². The first-order valence-electron chi connectivity index (χ1n) is 9.73. The van der Waals surface area contributed by atoms with Gasteiger partial charge in [0.2, 0.25) is 0 Å². The van der Waals surface area contributed by atoms with Crippen LogP contribution in [0.4, 0.5) is 17.6 Å². The third kappa shape index (κ3) is 3.82. The summed E-state index contributed by atoms with van der Waals surface area (Å²) in [6.07, 6.45) is -5.94. The number of fused-ring (bicyclic) bond motifs is 3. The topological polar surface area (TPSA) is 48.6 Å². The predicted molar refractivity (Wildman–Crippen MR) is 110 cm³/mol. The molecular weight excluding hydrogens is 448 g/mol. The van der Waals surface area contributed by atoms with Gasteiger partial charge in [0, 0.05) is 11.1 Å². The van der Waals surface area contributed by atoms with Gasteiger partial charge in [0.25, 0.3) is 0 Å². The Hall–Kier alpha value is -2.69. The summed E-state index contributed by atoms with van der Waals surface area (Å²) in [7, 11) is 0. The number of hydrogen-bond acceptors (Lipinski definition) is 5. The molecule has 0 aliphatic carbocycles. The zero-order valence-corrected chi connectivity index (χ0v) is 17.1. The van der Waals surface area contributed by atoms with Gasteiger partial charge in [-0.15, -0.1) is 0 Å². The number of rotatable bonds is 3. The van der Waals surface area contributed by atoms with Gasteiger partial charge in [-0.3, -0.25) is 0 Å². The Kier molecular flexibility index (Phi) is 5.31. The second-order valence-corrected chi connectivity index (χ2v) is 7.82. The summed E-state index contributed by atoms with van der Waals surface area (Å²) in [5.74, 6) is -0.489. The van der Waals surface area contributed by atoms with Crippen LogP contribution in [0.3, 0.4) is 0 Å². The first-order chi connectivity index (χ1) is 15.3. The zero-order valence-electron chi connectivity index (χ0n) is 16.3. The van der Waals surface area contributed by atoms with E-state index in [1.807, 2.05) is 6.07 Å². The fourth-order valence-corrected chi connectivity index (χ4v) is 4.11. The lowest BCUT2D eigenvalue weighted by atomic mass is 10.0. The monoisotopic (exact) mass is 464 g/mol. The maximum absolute atomic E-state index is 14.1. The van der Waals surface area contributed by atoms with Gasteiger partial charge in [-0.1, -0.05) is 54.1 Å². The van der Waals surface area contributed by atoms with Crippen molar-refractivity contribution in [2.45, 2.75) is 24.2 Å². The second kappa shape index (κ2) is 8.02. The summed E-state index contributed by atoms with van der Waals surface area (Å²) in [6, 6.07) is 16.4. The van der Waals surface area contributed by atoms with Crippen molar-refractivity contribution < 1.29 is 22.3 Å². The molecule has 3 aromatic rings. The van der Waals surface area contributed by atoms with Crippen LogP contribution in [0.1, 0.15) is 29.1 Å². The lowest BCUT2D eigenvalue weighted by Crippen LogP contribution is -2.50. The van der Waals surface area contributed by atoms with E-state index in [0.717, 1.165) is 12.1 Å². The largest absolute Gasteiger partial charge is 0.469 e. The van der Waals surface area contributed by atoms with Crippen molar-refractivity contribution in [3.63, 3.8) is 0 Å². The third-order valence-corrected chi connectivity index (χ3v) is 5.71. The van der Waals surface area contributed by atoms with Crippen LogP contribution in [0.25, 0.3) is 11.1 Å². The molecular formula is C22H17ClF4N4O. The molecule has 0 spiro atoms. The highest BCUT2D eigenvalue weighted by atomic mass is 35.5. The molecule has 2 aliphatic rings. The van der Waals surface area contributed by atoms with E-state index in [1.165, 1.54) is 18.2 Å². The molecule has 0 aromatic heterocycles. The summed E-state index contributed by atoms with van der Waals surface area (Å²) in [4.78, 5) is 0. The van der Waals surface area contributed by atoms with Crippen LogP contribution in [-0.2, 0) is 6.18 Å². The predicted octanol–water partition coefficient (Wildman–Crippen LogP) is 5.04. The van der Waals surface area contributed by atoms with Gasteiger partial charge < -0.3 is 4.74 Å². The first kappa shape index (κ1) is 21.2. The van der Waals surface area contributed by atoms with E-state index in [0.29, 0.717) is 22.3 Å². The molecule has 166 valence electrons. The Bertz CT molecular complexity index is 1140. The second-order valence-electron chi connectivity index (χ2n) is 7.41. The van der Waals surface area contributed by atoms with E-state index in [2.05, 4.69) is 16.3 Å². The number of nitrogens with one attached hydrogen (secondary N) is 3. The van der Waals surface area contributed by atoms with Gasteiger partial charge in [0.05, 0.1) is 5.56 Å². The van der Waals surface area contributed by atoms with Gasteiger partial charge in [-0.25, -0.2) is 20.7 Å². The van der Waals surface area contributed by atoms with E-state index in [4.69, 9.17) is 16.3 Å². The number of nitrogens with zero attached hydrogens (tertiary/aromatic N) is 1. The lowest BCUT2D eigenvalue weighted by molar-refractivity contribution is -0.137. The molecule has 1 saturated heterocycles. The average molecular weight is 465 g/mol. The fraction of sp³-hybridized carbons (Fsp3) is 0.182. The summed E-state index contributed by atoms with van der Waals surface area (Å²) in [5.41, 5.74) is 9.65. The normalized spacial score (nSPS) is 23.0. The summed E-state index contributed by atoms with van der Waals surface area (Å²) < 4.78 is 60.5. The van der Waals surface area contributed by atoms with Crippen molar-refractivity contribution in [1.29, 1.82) is 0 Å². The number of benzene rings is 3. The van der Waals surface area contributed by atoms with Crippen LogP contribution in [0.2, 0.25) is 0 Å². The van der Waals surface area contributed by atoms with E-state index in [1.54, 1.807) is 35.3 Å². The van der Waals surface area contributed by atoms with Crippen LogP contribution >= 0.6 is 11.6 Å². The summed E-state index contributed by atoms with van der Waals surface area (Å²) in [6.45, 7) is 0. The molecule has 0 amide bonds. The Labute approximate surface area is 185 Å². The SMILES string of the molecule is Fc1ccc2c(c1)C(Oc1cc(C(F)(F)F)ccc1-c1ccccc1)NN1C(Cl)NNC21. The molecule has 32 heavy (non-hydrogen) atoms. The molecule has 2 heterocycles. The molecule has 3 unspecified atom stereocenters. The van der Waals surface area contributed by atoms with Crippen molar-refractivity contribution in [2.24, 2.45) is 0 Å². The van der Waals surface area contributed by atoms with Gasteiger partial charge in [-0.05, 0) is 35.4 Å². The number of halogens is 5. The summed E-state index contributed by atoms with van der Waals surface area (Å²) in [5, 5.41) is 1.61. The first-order valence-corrected chi connectivity index (χ1v) is 10.2. The molecule has 2 aliphatic heterocycles. The molecule has 5 nitrogen and oxygen atoms in total. The highest BCUT2D eigenvalue weighted by Gasteiger charge is 2.42. The highest BCUT2D eigenvalue weighted by molar-refractivity contribution is 6.20. The molecule has 5 rings (SSSR count). The maximum Gasteiger partial charge on any atom is 0.416 e. The molecule has 0 bridgehead atoms. The van der Waals surface area contributed by atoms with Gasteiger partial charge >= 0.3 is 6.18 Å². The standard InChI is InChI=1S/C22H17ClF4N4O/c23-21-29-28-19-16-9-7-14(24)11-17(16)20(30-31(19)21)32-18-10-13(22(25,26)27)6-8-15(18)12-4-2-1-3-5-12/h1-11,19-21,28-30H. The molecule has 3 atom stereocenters. The molecule has 0 radical (unpaired) electrons. The average Bonchev–Trinajstić information content (AvgIpc) is 3.14. The van der Waals surface area contributed by atoms with E-state index in [9.17, 15) is 17.6 Å². The Balaban J connectivity index is 1.60. The minimum absolute atomic E-state index is 0.00317. The number of hydrazine groups is 2. The lowest BCUT2D eigenvalue weighted by Gasteiger charge is -2.38. The minimum Gasteiger partial charge on any atom is -0.469 e. The Morgan fingerprint density at radius 3 is 2.44 bits per heavy atom. The smallest absolute Gasteiger partial charge is 0.416 e. The van der Waals surface area contributed by atoms with Gasteiger partial charge in [-0.2, -0.15) is 18.2 Å². The third-order valence-electron chi connectivity index (χ3n) is 5.39. The number of hydrogen-bond donors (Lipinski definition) is 3. The number of alkyl halides is 4. The fourth-order valence-electron chi connectivity index (χ4n) is 3.88. The van der Waals surface area contributed by atoms with Crippen LogP contribution in [0, 0.1) is 5.82 Å². The van der Waals surface area contributed by atoms with Crippen LogP contribution < -0.4 is 21.0 Å². The van der Waals surface area contributed by atoms with Crippen LogP contribution in [0.15, 0.2) is 66.7 Å². The molecule has 3 N–H and O–H groups in total. The molecule has 3 aromatic carbocycles. The van der Waals surface area contributed by atoms with E-state index in [-0.39, 0.29) is 5.75 Å². The maximum atomic E-state index is 14.1. The van der Waals surface area contributed by atoms with E-state index < -0.39 is 35.6 Å². The molecule has 1 fully saturated rings. The summed E-state index contributed by atoms with van der Waals surface area (Å²) >= 11 is 6.28. The van der Waals surface area contributed by atoms with Crippen molar-refractivity contribution in [2.75, 3.05) is 0 Å². The molecule has 0 saturated carbocycles. The van der Waals surface area contributed by atoms with Crippen molar-refractivity contribution in [3.8, 4) is 16.9 Å². The minimum atomic E-state index is -4.55. The van der Waals surface area contributed by atoms with E-state index >= 15 is 0 Å². The van der Waals surface area contributed by atoms with Crippen molar-refractivity contribution in [3.05, 3.63) is 89.2 Å². The van der Waals surface area contributed by atoms with Crippen LogP contribution in [-0.4, -0.2) is 10.6 Å². The van der Waals surface area contributed by atoms with Gasteiger partial charge in [0.1, 0.15) is 17.7 Å². The quantitative estimate of drug-likeness (QED) is 0.288.